The smallest absolute Gasteiger partial charge is 0.0326 e. The predicted octanol–water partition coefficient (Wildman–Crippen LogP) is 6.47. The molecular weight excluding hydrogens is 204 g/mol. The van der Waals surface area contributed by atoms with Crippen LogP contribution < -0.4 is 0 Å². The van der Waals surface area contributed by atoms with E-state index in [4.69, 9.17) is 0 Å². The lowest BCUT2D eigenvalue weighted by atomic mass is 10.0. The second-order valence-corrected chi connectivity index (χ2v) is 5.45. The van der Waals surface area contributed by atoms with E-state index in [-0.39, 0.29) is 0 Å². The van der Waals surface area contributed by atoms with Crippen LogP contribution in [0.3, 0.4) is 0 Å². The quantitative estimate of drug-likeness (QED) is 0.254. The van der Waals surface area contributed by atoms with Crippen LogP contribution in [-0.4, -0.2) is 0 Å². The SMILES string of the molecule is [CH2]CCCCCCCCCCCCCC(=C)C. The van der Waals surface area contributed by atoms with E-state index in [1.807, 2.05) is 0 Å². The monoisotopic (exact) mass is 237 g/mol. The topological polar surface area (TPSA) is 0 Å². The fourth-order valence-corrected chi connectivity index (χ4v) is 2.19. The Morgan fingerprint density at radius 3 is 1.35 bits per heavy atom. The summed E-state index contributed by atoms with van der Waals surface area (Å²) in [6.07, 6.45) is 17.9. The highest BCUT2D eigenvalue weighted by Crippen LogP contribution is 2.13. The van der Waals surface area contributed by atoms with Gasteiger partial charge >= 0.3 is 0 Å². The molecular formula is C17H33. The first-order valence-electron chi connectivity index (χ1n) is 7.71. The molecule has 0 rings (SSSR count). The summed E-state index contributed by atoms with van der Waals surface area (Å²) in [6, 6.07) is 0. The van der Waals surface area contributed by atoms with Crippen molar-refractivity contribution in [2.45, 2.75) is 90.4 Å². The fourth-order valence-electron chi connectivity index (χ4n) is 2.19. The minimum Gasteiger partial charge on any atom is -0.100 e. The lowest BCUT2D eigenvalue weighted by molar-refractivity contribution is 0.546. The van der Waals surface area contributed by atoms with Crippen molar-refractivity contribution >= 4 is 0 Å². The number of rotatable bonds is 13. The first-order valence-corrected chi connectivity index (χ1v) is 7.71. The third kappa shape index (κ3) is 15.7. The van der Waals surface area contributed by atoms with Gasteiger partial charge in [0.1, 0.15) is 0 Å². The zero-order valence-electron chi connectivity index (χ0n) is 12.1. The summed E-state index contributed by atoms with van der Waals surface area (Å²) >= 11 is 0. The number of hydrogen-bond acceptors (Lipinski definition) is 0. The number of allylic oxidation sites excluding steroid dienone is 1. The zero-order chi connectivity index (χ0) is 12.8. The van der Waals surface area contributed by atoms with E-state index in [2.05, 4.69) is 20.4 Å². The van der Waals surface area contributed by atoms with Crippen molar-refractivity contribution in [1.82, 2.24) is 0 Å². The van der Waals surface area contributed by atoms with Crippen LogP contribution in [0.4, 0.5) is 0 Å². The zero-order valence-corrected chi connectivity index (χ0v) is 12.1. The Morgan fingerprint density at radius 2 is 1.00 bits per heavy atom. The molecule has 0 heteroatoms. The lowest BCUT2D eigenvalue weighted by Gasteiger charge is -2.02. The molecule has 0 bridgehead atoms. The summed E-state index contributed by atoms with van der Waals surface area (Å²) in [5.74, 6) is 0. The second-order valence-electron chi connectivity index (χ2n) is 5.45. The molecule has 0 aliphatic carbocycles. The van der Waals surface area contributed by atoms with E-state index in [1.54, 1.807) is 0 Å². The van der Waals surface area contributed by atoms with E-state index in [9.17, 15) is 0 Å². The molecule has 0 amide bonds. The average Bonchev–Trinajstić information content (AvgIpc) is 2.30. The molecule has 1 radical (unpaired) electrons. The first kappa shape index (κ1) is 16.7. The van der Waals surface area contributed by atoms with E-state index in [0.29, 0.717) is 0 Å². The van der Waals surface area contributed by atoms with Gasteiger partial charge < -0.3 is 0 Å². The average molecular weight is 237 g/mol. The molecule has 0 aromatic rings. The van der Waals surface area contributed by atoms with Crippen LogP contribution in [0.5, 0.6) is 0 Å². The Labute approximate surface area is 110 Å². The van der Waals surface area contributed by atoms with Gasteiger partial charge in [0.2, 0.25) is 0 Å². The minimum absolute atomic E-state index is 1.12. The molecule has 0 aliphatic heterocycles. The molecule has 0 aromatic heterocycles. The third-order valence-corrected chi connectivity index (χ3v) is 3.35. The molecule has 0 aliphatic rings. The molecule has 0 N–H and O–H groups in total. The summed E-state index contributed by atoms with van der Waals surface area (Å²) in [7, 11) is 0. The van der Waals surface area contributed by atoms with Gasteiger partial charge in [-0.25, -0.2) is 0 Å². The van der Waals surface area contributed by atoms with Gasteiger partial charge in [-0.15, -0.1) is 6.58 Å². The minimum atomic E-state index is 1.12. The maximum Gasteiger partial charge on any atom is -0.0326 e. The van der Waals surface area contributed by atoms with Crippen molar-refractivity contribution in [3.8, 4) is 0 Å². The Hall–Kier alpha value is -0.260. The van der Waals surface area contributed by atoms with E-state index in [1.165, 1.54) is 82.6 Å². The van der Waals surface area contributed by atoms with E-state index in [0.717, 1.165) is 6.42 Å². The van der Waals surface area contributed by atoms with Gasteiger partial charge in [-0.3, -0.25) is 0 Å². The van der Waals surface area contributed by atoms with Gasteiger partial charge in [-0.05, 0) is 19.8 Å². The largest absolute Gasteiger partial charge is 0.100 e. The third-order valence-electron chi connectivity index (χ3n) is 3.35. The fraction of sp³-hybridized carbons (Fsp3) is 0.824. The highest BCUT2D eigenvalue weighted by atomic mass is 14.0. The Balaban J connectivity index is 2.91. The van der Waals surface area contributed by atoms with Crippen molar-refractivity contribution in [2.75, 3.05) is 0 Å². The van der Waals surface area contributed by atoms with Crippen molar-refractivity contribution in [1.29, 1.82) is 0 Å². The van der Waals surface area contributed by atoms with E-state index >= 15 is 0 Å². The number of unbranched alkanes of at least 4 members (excludes halogenated alkanes) is 11. The molecule has 0 saturated carbocycles. The molecule has 0 saturated heterocycles. The van der Waals surface area contributed by atoms with Gasteiger partial charge in [-0.2, -0.15) is 0 Å². The van der Waals surface area contributed by atoms with Gasteiger partial charge in [0, 0.05) is 0 Å². The van der Waals surface area contributed by atoms with Crippen molar-refractivity contribution < 1.29 is 0 Å². The normalized spacial score (nSPS) is 10.7. The van der Waals surface area contributed by atoms with Crippen LogP contribution in [0, 0.1) is 6.92 Å². The molecule has 0 fully saturated rings. The van der Waals surface area contributed by atoms with Gasteiger partial charge in [-0.1, -0.05) is 83.1 Å². The summed E-state index contributed by atoms with van der Waals surface area (Å²) in [4.78, 5) is 0. The molecule has 0 heterocycles. The molecule has 0 aromatic carbocycles. The van der Waals surface area contributed by atoms with Crippen LogP contribution in [0.25, 0.3) is 0 Å². The van der Waals surface area contributed by atoms with Crippen LogP contribution in [0.2, 0.25) is 0 Å². The maximum atomic E-state index is 3.94. The van der Waals surface area contributed by atoms with Crippen molar-refractivity contribution in [2.24, 2.45) is 0 Å². The maximum absolute atomic E-state index is 3.94. The standard InChI is InChI=1S/C17H33/c1-4-5-6-7-8-9-10-11-12-13-14-15-16-17(2)3/h1-2,4-16H2,3H3. The highest BCUT2D eigenvalue weighted by Gasteiger charge is 1.93. The Morgan fingerprint density at radius 1 is 0.647 bits per heavy atom. The summed E-state index contributed by atoms with van der Waals surface area (Å²) in [5, 5.41) is 0. The Kier molecular flexibility index (Phi) is 13.6. The van der Waals surface area contributed by atoms with Crippen molar-refractivity contribution in [3.05, 3.63) is 19.1 Å². The van der Waals surface area contributed by atoms with Gasteiger partial charge in [0.25, 0.3) is 0 Å². The Bertz CT molecular complexity index is 157. The number of hydrogen-bond donors (Lipinski definition) is 0. The molecule has 0 unspecified atom stereocenters. The van der Waals surface area contributed by atoms with Gasteiger partial charge in [0.15, 0.2) is 0 Å². The van der Waals surface area contributed by atoms with Crippen LogP contribution in [0.15, 0.2) is 12.2 Å². The lowest BCUT2D eigenvalue weighted by Crippen LogP contribution is -1.83. The van der Waals surface area contributed by atoms with E-state index < -0.39 is 0 Å². The molecule has 0 spiro atoms. The first-order chi connectivity index (χ1) is 8.27. The van der Waals surface area contributed by atoms with Crippen molar-refractivity contribution in [3.63, 3.8) is 0 Å². The summed E-state index contributed by atoms with van der Waals surface area (Å²) in [5.41, 5.74) is 1.34. The molecule has 101 valence electrons. The second kappa shape index (κ2) is 13.8. The van der Waals surface area contributed by atoms with Crippen LogP contribution >= 0.6 is 0 Å². The summed E-state index contributed by atoms with van der Waals surface area (Å²) in [6.45, 7) is 9.95. The predicted molar refractivity (Wildman–Crippen MR) is 80.2 cm³/mol. The molecule has 0 atom stereocenters. The van der Waals surface area contributed by atoms with Gasteiger partial charge in [0.05, 0.1) is 0 Å². The highest BCUT2D eigenvalue weighted by molar-refractivity contribution is 4.86. The molecule has 0 nitrogen and oxygen atoms in total. The van der Waals surface area contributed by atoms with Crippen LogP contribution in [-0.2, 0) is 0 Å². The summed E-state index contributed by atoms with van der Waals surface area (Å²) < 4.78 is 0. The molecule has 17 heavy (non-hydrogen) atoms. The van der Waals surface area contributed by atoms with Crippen LogP contribution in [0.1, 0.15) is 90.4 Å².